The Bertz CT molecular complexity index is 309. The van der Waals surface area contributed by atoms with Crippen molar-refractivity contribution >= 4 is 11.9 Å². The van der Waals surface area contributed by atoms with Gasteiger partial charge in [0.2, 0.25) is 0 Å². The number of nitrogens with zero attached hydrogens (tertiary/aromatic N) is 1. The summed E-state index contributed by atoms with van der Waals surface area (Å²) in [7, 11) is 0. The summed E-state index contributed by atoms with van der Waals surface area (Å²) in [6, 6.07) is 5.19. The van der Waals surface area contributed by atoms with Crippen LogP contribution in [0.2, 0.25) is 0 Å². The molecule has 0 aromatic carbocycles. The van der Waals surface area contributed by atoms with Gasteiger partial charge in [-0.25, -0.2) is 9.78 Å². The third-order valence-corrected chi connectivity index (χ3v) is 1.16. The molecule has 0 radical (unpaired) electrons. The molecule has 1 N–H and O–H groups in total. The topological polar surface area (TPSA) is 51.2 Å². The number of amides is 1. The van der Waals surface area contributed by atoms with E-state index in [1.165, 1.54) is 0 Å². The summed E-state index contributed by atoms with van der Waals surface area (Å²) in [5.41, 5.74) is 0. The molecule has 1 aromatic heterocycles. The first-order chi connectivity index (χ1) is 6.18. The van der Waals surface area contributed by atoms with Crippen molar-refractivity contribution in [2.75, 3.05) is 5.32 Å². The molecule has 4 heteroatoms. The standard InChI is InChI=1S/C9H10N2O2/c1-7(2)13-9(12)11-8-5-3-4-6-10-8/h3-6H,1H2,2H3,(H,10,11,12). The third kappa shape index (κ3) is 3.37. The van der Waals surface area contributed by atoms with E-state index in [9.17, 15) is 4.79 Å². The van der Waals surface area contributed by atoms with Crippen LogP contribution in [0.4, 0.5) is 10.6 Å². The number of hydrogen-bond donors (Lipinski definition) is 1. The zero-order valence-corrected chi connectivity index (χ0v) is 7.28. The van der Waals surface area contributed by atoms with Crippen LogP contribution in [0.1, 0.15) is 6.92 Å². The Morgan fingerprint density at radius 2 is 2.38 bits per heavy atom. The smallest absolute Gasteiger partial charge is 0.416 e. The van der Waals surface area contributed by atoms with Gasteiger partial charge in [0, 0.05) is 6.20 Å². The van der Waals surface area contributed by atoms with Gasteiger partial charge in [-0.1, -0.05) is 12.6 Å². The highest BCUT2D eigenvalue weighted by Crippen LogP contribution is 2.01. The van der Waals surface area contributed by atoms with Gasteiger partial charge < -0.3 is 4.74 Å². The lowest BCUT2D eigenvalue weighted by Crippen LogP contribution is -2.12. The summed E-state index contributed by atoms with van der Waals surface area (Å²) in [5, 5.41) is 2.44. The second-order valence-electron chi connectivity index (χ2n) is 2.43. The van der Waals surface area contributed by atoms with Crippen molar-refractivity contribution in [1.29, 1.82) is 0 Å². The SMILES string of the molecule is C=C(C)OC(=O)Nc1ccccn1. The molecule has 4 nitrogen and oxygen atoms in total. The molecule has 1 rings (SSSR count). The number of ether oxygens (including phenoxy) is 1. The van der Waals surface area contributed by atoms with Gasteiger partial charge >= 0.3 is 6.09 Å². The van der Waals surface area contributed by atoms with E-state index in [1.807, 2.05) is 0 Å². The average molecular weight is 178 g/mol. The number of aromatic nitrogens is 1. The molecular formula is C9H10N2O2. The molecule has 0 aliphatic heterocycles. The molecule has 0 atom stereocenters. The third-order valence-electron chi connectivity index (χ3n) is 1.16. The molecule has 1 aromatic rings. The van der Waals surface area contributed by atoms with Gasteiger partial charge in [0.1, 0.15) is 5.82 Å². The maximum Gasteiger partial charge on any atom is 0.417 e. The quantitative estimate of drug-likeness (QED) is 0.706. The van der Waals surface area contributed by atoms with Gasteiger partial charge in [0.15, 0.2) is 0 Å². The number of allylic oxidation sites excluding steroid dienone is 1. The number of pyridine rings is 1. The number of carbonyl (C=O) groups excluding carboxylic acids is 1. The van der Waals surface area contributed by atoms with Crippen LogP contribution >= 0.6 is 0 Å². The van der Waals surface area contributed by atoms with Crippen molar-refractivity contribution in [2.24, 2.45) is 0 Å². The first kappa shape index (κ1) is 9.25. The van der Waals surface area contributed by atoms with E-state index in [2.05, 4.69) is 21.6 Å². The van der Waals surface area contributed by atoms with Gasteiger partial charge in [-0.05, 0) is 19.1 Å². The zero-order chi connectivity index (χ0) is 9.68. The van der Waals surface area contributed by atoms with Gasteiger partial charge in [-0.3, -0.25) is 5.32 Å². The largest absolute Gasteiger partial charge is 0.417 e. The van der Waals surface area contributed by atoms with E-state index in [-0.39, 0.29) is 0 Å². The van der Waals surface area contributed by atoms with Crippen LogP contribution in [0.25, 0.3) is 0 Å². The van der Waals surface area contributed by atoms with Crippen molar-refractivity contribution in [3.63, 3.8) is 0 Å². The van der Waals surface area contributed by atoms with Crippen molar-refractivity contribution < 1.29 is 9.53 Å². The average Bonchev–Trinajstić information content (AvgIpc) is 2.04. The highest BCUT2D eigenvalue weighted by molar-refractivity contribution is 5.83. The lowest BCUT2D eigenvalue weighted by Gasteiger charge is -2.03. The van der Waals surface area contributed by atoms with Crippen molar-refractivity contribution in [3.8, 4) is 0 Å². The van der Waals surface area contributed by atoms with E-state index in [4.69, 9.17) is 0 Å². The summed E-state index contributed by atoms with van der Waals surface area (Å²) >= 11 is 0. The van der Waals surface area contributed by atoms with E-state index in [0.717, 1.165) is 0 Å². The minimum absolute atomic E-state index is 0.341. The summed E-state index contributed by atoms with van der Waals surface area (Å²) in [6.45, 7) is 5.03. The van der Waals surface area contributed by atoms with Gasteiger partial charge in [0.25, 0.3) is 0 Å². The Hall–Kier alpha value is -1.84. The first-order valence-electron chi connectivity index (χ1n) is 3.74. The maximum atomic E-state index is 11.0. The van der Waals surface area contributed by atoms with E-state index < -0.39 is 6.09 Å². The first-order valence-corrected chi connectivity index (χ1v) is 3.74. The monoisotopic (exact) mass is 178 g/mol. The molecule has 0 saturated carbocycles. The Morgan fingerprint density at radius 1 is 1.62 bits per heavy atom. The number of hydrogen-bond acceptors (Lipinski definition) is 3. The van der Waals surface area contributed by atoms with Crippen LogP contribution in [0.15, 0.2) is 36.7 Å². The van der Waals surface area contributed by atoms with Gasteiger partial charge in [-0.2, -0.15) is 0 Å². The number of rotatable bonds is 2. The number of nitrogens with one attached hydrogen (secondary N) is 1. The molecule has 0 unspecified atom stereocenters. The molecule has 0 spiro atoms. The molecule has 0 saturated heterocycles. The highest BCUT2D eigenvalue weighted by Gasteiger charge is 2.02. The van der Waals surface area contributed by atoms with Crippen LogP contribution in [-0.2, 0) is 4.74 Å². The fourth-order valence-electron chi connectivity index (χ4n) is 0.725. The molecule has 1 amide bonds. The van der Waals surface area contributed by atoms with Crippen molar-refractivity contribution in [3.05, 3.63) is 36.7 Å². The summed E-state index contributed by atoms with van der Waals surface area (Å²) < 4.78 is 4.67. The summed E-state index contributed by atoms with van der Waals surface area (Å²) in [4.78, 5) is 14.9. The number of anilines is 1. The lowest BCUT2D eigenvalue weighted by molar-refractivity contribution is 0.192. The fraction of sp³-hybridized carbons (Fsp3) is 0.111. The molecule has 1 heterocycles. The normalized spacial score (nSPS) is 9.00. The fourth-order valence-corrected chi connectivity index (χ4v) is 0.725. The van der Waals surface area contributed by atoms with E-state index in [0.29, 0.717) is 11.6 Å². The summed E-state index contributed by atoms with van der Waals surface area (Å²) in [5.74, 6) is 0.794. The Kier molecular flexibility index (Phi) is 3.03. The maximum absolute atomic E-state index is 11.0. The van der Waals surface area contributed by atoms with E-state index in [1.54, 1.807) is 31.3 Å². The minimum Gasteiger partial charge on any atom is -0.416 e. The second kappa shape index (κ2) is 4.25. The molecule has 0 bridgehead atoms. The minimum atomic E-state index is -0.578. The molecule has 13 heavy (non-hydrogen) atoms. The van der Waals surface area contributed by atoms with E-state index >= 15 is 0 Å². The molecule has 0 aliphatic carbocycles. The van der Waals surface area contributed by atoms with Crippen molar-refractivity contribution in [1.82, 2.24) is 4.98 Å². The van der Waals surface area contributed by atoms with Crippen LogP contribution in [-0.4, -0.2) is 11.1 Å². The Labute approximate surface area is 76.2 Å². The predicted molar refractivity (Wildman–Crippen MR) is 49.2 cm³/mol. The lowest BCUT2D eigenvalue weighted by atomic mass is 10.5. The zero-order valence-electron chi connectivity index (χ0n) is 7.28. The Balaban J connectivity index is 2.50. The van der Waals surface area contributed by atoms with Gasteiger partial charge in [-0.15, -0.1) is 0 Å². The molecular weight excluding hydrogens is 168 g/mol. The van der Waals surface area contributed by atoms with Crippen LogP contribution in [0.5, 0.6) is 0 Å². The van der Waals surface area contributed by atoms with Gasteiger partial charge in [0.05, 0.1) is 5.76 Å². The predicted octanol–water partition coefficient (Wildman–Crippen LogP) is 2.16. The summed E-state index contributed by atoms with van der Waals surface area (Å²) in [6.07, 6.45) is 1.00. The number of carbonyl (C=O) groups is 1. The highest BCUT2D eigenvalue weighted by atomic mass is 16.6. The van der Waals surface area contributed by atoms with Crippen LogP contribution < -0.4 is 5.32 Å². The van der Waals surface area contributed by atoms with Crippen LogP contribution in [0.3, 0.4) is 0 Å². The molecule has 0 fully saturated rings. The van der Waals surface area contributed by atoms with Crippen LogP contribution in [0, 0.1) is 0 Å². The second-order valence-corrected chi connectivity index (χ2v) is 2.43. The Morgan fingerprint density at radius 3 is 2.92 bits per heavy atom. The van der Waals surface area contributed by atoms with Crippen molar-refractivity contribution in [2.45, 2.75) is 6.92 Å². The molecule has 68 valence electrons. The molecule has 0 aliphatic rings.